The first kappa shape index (κ1) is 25.8. The monoisotopic (exact) mass is 540 g/mol. The van der Waals surface area contributed by atoms with Gasteiger partial charge in [-0.05, 0) is 42.8 Å². The van der Waals surface area contributed by atoms with Crippen LogP contribution in [0.3, 0.4) is 0 Å². The van der Waals surface area contributed by atoms with Gasteiger partial charge in [0.15, 0.2) is 34.1 Å². The Balaban J connectivity index is 1.94. The highest BCUT2D eigenvalue weighted by molar-refractivity contribution is 7.81. The Morgan fingerprint density at radius 1 is 1.16 bits per heavy atom. The first-order chi connectivity index (χ1) is 17.8. The molecule has 0 aliphatic carbocycles. The van der Waals surface area contributed by atoms with Crippen LogP contribution in [-0.4, -0.2) is 46.9 Å². The van der Waals surface area contributed by atoms with Crippen LogP contribution in [0.5, 0.6) is 17.2 Å². The summed E-state index contributed by atoms with van der Waals surface area (Å²) in [4.78, 5) is 17.0. The normalized spacial score (nSPS) is 12.2. The van der Waals surface area contributed by atoms with Gasteiger partial charge in [0, 0.05) is 18.0 Å². The molecule has 0 amide bonds. The predicted molar refractivity (Wildman–Crippen MR) is 136 cm³/mol. The number of aryl methyl sites for hydroxylation is 1. The van der Waals surface area contributed by atoms with Crippen LogP contribution in [0.1, 0.15) is 11.3 Å². The van der Waals surface area contributed by atoms with E-state index < -0.39 is 11.3 Å². The molecule has 12 nitrogen and oxygen atoms in total. The summed E-state index contributed by atoms with van der Waals surface area (Å²) < 4.78 is 37.1. The molecular formula is C23H19ClN7O5S-. The molecule has 0 spiro atoms. The lowest BCUT2D eigenvalue weighted by Gasteiger charge is -2.26. The van der Waals surface area contributed by atoms with Gasteiger partial charge in [-0.25, -0.2) is 19.3 Å². The van der Waals surface area contributed by atoms with Crippen LogP contribution in [0.15, 0.2) is 66.1 Å². The van der Waals surface area contributed by atoms with E-state index in [2.05, 4.69) is 25.1 Å². The second-order valence-electron chi connectivity index (χ2n) is 7.36. The molecule has 0 radical (unpaired) electrons. The lowest BCUT2D eigenvalue weighted by Crippen LogP contribution is -2.23. The summed E-state index contributed by atoms with van der Waals surface area (Å²) in [5, 5.41) is 11.7. The molecule has 0 fully saturated rings. The second-order valence-corrected chi connectivity index (χ2v) is 8.52. The minimum atomic E-state index is -2.90. The zero-order chi connectivity index (χ0) is 26.5. The number of para-hydroxylation sites is 2. The number of nitrogens with zero attached hydrogens (tertiary/aromatic N) is 6. The minimum Gasteiger partial charge on any atom is -0.755 e. The summed E-state index contributed by atoms with van der Waals surface area (Å²) >= 11 is 3.65. The van der Waals surface area contributed by atoms with Gasteiger partial charge < -0.3 is 25.0 Å². The molecule has 0 saturated heterocycles. The van der Waals surface area contributed by atoms with Gasteiger partial charge in [0.1, 0.15) is 11.5 Å². The van der Waals surface area contributed by atoms with Crippen molar-refractivity contribution in [3.05, 3.63) is 77.3 Å². The quantitative estimate of drug-likeness (QED) is 0.0837. The molecule has 3 aromatic heterocycles. The number of halogens is 1. The molecule has 3 N–H and O–H groups in total. The lowest BCUT2D eigenvalue weighted by molar-refractivity contribution is 0.318. The molecule has 0 saturated carbocycles. The fraction of sp³-hybridized carbons (Fsp3) is 0.0870. The van der Waals surface area contributed by atoms with Gasteiger partial charge in [0.2, 0.25) is 5.75 Å². The molecule has 1 atom stereocenters. The standard InChI is InChI=1S/C23H20ClN7O5S/c1-13-7-8-18(27-12-13)31(37(33)34)23-19(36-17-6-4-3-5-16(17)35-2)20(24)28-22(29-23)14-9-10-26-15(11-14)21(25)30-32/h3-12,32H,1-2H3,(H2,25,30)(H,33,34)/p-1. The van der Waals surface area contributed by atoms with Crippen molar-refractivity contribution in [3.63, 3.8) is 0 Å². The van der Waals surface area contributed by atoms with Gasteiger partial charge in [0.25, 0.3) is 0 Å². The Bertz CT molecular complexity index is 1490. The SMILES string of the molecule is COc1ccccc1Oc1c(Cl)nc(-c2ccnc(C(N)=NO)c2)nc1N(c1ccc(C)cn1)S(=O)[O-]. The number of nitrogens with two attached hydrogens (primary N) is 1. The van der Waals surface area contributed by atoms with E-state index in [1.807, 2.05) is 6.92 Å². The van der Waals surface area contributed by atoms with Gasteiger partial charge >= 0.3 is 0 Å². The maximum absolute atomic E-state index is 12.5. The van der Waals surface area contributed by atoms with Crippen molar-refractivity contribution in [2.75, 3.05) is 11.4 Å². The number of benzene rings is 1. The van der Waals surface area contributed by atoms with Crippen LogP contribution in [0.4, 0.5) is 11.6 Å². The number of methoxy groups -OCH3 is 1. The van der Waals surface area contributed by atoms with Crippen molar-refractivity contribution in [1.82, 2.24) is 19.9 Å². The molecule has 0 aliphatic rings. The van der Waals surface area contributed by atoms with Crippen LogP contribution in [0, 0.1) is 6.92 Å². The lowest BCUT2D eigenvalue weighted by atomic mass is 10.2. The van der Waals surface area contributed by atoms with Crippen LogP contribution in [-0.2, 0) is 11.3 Å². The number of pyridine rings is 2. The smallest absolute Gasteiger partial charge is 0.208 e. The molecule has 4 rings (SSSR count). The van der Waals surface area contributed by atoms with Gasteiger partial charge in [-0.1, -0.05) is 35.0 Å². The van der Waals surface area contributed by atoms with E-state index >= 15 is 0 Å². The van der Waals surface area contributed by atoms with E-state index in [1.165, 1.54) is 31.6 Å². The van der Waals surface area contributed by atoms with Crippen LogP contribution >= 0.6 is 11.6 Å². The van der Waals surface area contributed by atoms with Crippen molar-refractivity contribution < 1.29 is 23.4 Å². The van der Waals surface area contributed by atoms with Gasteiger partial charge in [-0.15, -0.1) is 0 Å². The molecule has 1 aromatic carbocycles. The van der Waals surface area contributed by atoms with Gasteiger partial charge in [-0.2, -0.15) is 0 Å². The number of aromatic nitrogens is 4. The number of amidine groups is 1. The molecule has 1 unspecified atom stereocenters. The molecular weight excluding hydrogens is 522 g/mol. The first-order valence-corrected chi connectivity index (χ1v) is 11.9. The maximum atomic E-state index is 12.5. The third-order valence-corrected chi connectivity index (χ3v) is 5.84. The third kappa shape index (κ3) is 5.58. The Hall–Kier alpha value is -4.33. The number of ether oxygens (including phenoxy) is 2. The zero-order valence-electron chi connectivity index (χ0n) is 19.4. The molecule has 4 aromatic rings. The molecule has 0 aliphatic heterocycles. The van der Waals surface area contributed by atoms with Crippen molar-refractivity contribution in [2.24, 2.45) is 10.9 Å². The largest absolute Gasteiger partial charge is 0.755 e. The van der Waals surface area contributed by atoms with E-state index in [-0.39, 0.29) is 45.6 Å². The highest BCUT2D eigenvalue weighted by Gasteiger charge is 2.25. The number of anilines is 2. The molecule has 190 valence electrons. The number of hydrogen-bond donors (Lipinski definition) is 2. The van der Waals surface area contributed by atoms with Gasteiger partial charge in [0.05, 0.1) is 18.4 Å². The Kier molecular flexibility index (Phi) is 7.77. The van der Waals surface area contributed by atoms with Crippen molar-refractivity contribution in [3.8, 4) is 28.6 Å². The second kappa shape index (κ2) is 11.2. The number of hydrogen-bond acceptors (Lipinski definition) is 10. The van der Waals surface area contributed by atoms with Crippen LogP contribution < -0.4 is 19.5 Å². The van der Waals surface area contributed by atoms with E-state index in [9.17, 15) is 8.76 Å². The van der Waals surface area contributed by atoms with Crippen LogP contribution in [0.25, 0.3) is 11.4 Å². The Morgan fingerprint density at radius 2 is 1.92 bits per heavy atom. The van der Waals surface area contributed by atoms with E-state index in [0.29, 0.717) is 11.3 Å². The highest BCUT2D eigenvalue weighted by atomic mass is 35.5. The van der Waals surface area contributed by atoms with Crippen molar-refractivity contribution in [2.45, 2.75) is 6.92 Å². The Morgan fingerprint density at radius 3 is 2.57 bits per heavy atom. The summed E-state index contributed by atoms with van der Waals surface area (Å²) in [5.74, 6) is 0.0573. The topological polar surface area (TPSA) is 172 Å². The van der Waals surface area contributed by atoms with E-state index in [1.54, 1.807) is 36.4 Å². The highest BCUT2D eigenvalue weighted by Crippen LogP contribution is 2.42. The van der Waals surface area contributed by atoms with Gasteiger partial charge in [-0.3, -0.25) is 9.19 Å². The average molecular weight is 541 g/mol. The van der Waals surface area contributed by atoms with Crippen molar-refractivity contribution >= 4 is 40.3 Å². The summed E-state index contributed by atoms with van der Waals surface area (Å²) in [5.41, 5.74) is 6.97. The molecule has 14 heteroatoms. The molecule has 0 bridgehead atoms. The van der Waals surface area contributed by atoms with E-state index in [0.717, 1.165) is 9.87 Å². The van der Waals surface area contributed by atoms with Crippen LogP contribution in [0.2, 0.25) is 5.15 Å². The minimum absolute atomic E-state index is 0.0179. The zero-order valence-corrected chi connectivity index (χ0v) is 21.0. The average Bonchev–Trinajstić information content (AvgIpc) is 2.91. The molecule has 37 heavy (non-hydrogen) atoms. The Labute approximate surface area is 218 Å². The van der Waals surface area contributed by atoms with E-state index in [4.69, 9.17) is 32.0 Å². The summed E-state index contributed by atoms with van der Waals surface area (Å²) in [6.45, 7) is 1.81. The third-order valence-electron chi connectivity index (χ3n) is 4.92. The maximum Gasteiger partial charge on any atom is 0.208 e. The predicted octanol–water partition coefficient (Wildman–Crippen LogP) is 3.72. The van der Waals surface area contributed by atoms with Crippen molar-refractivity contribution in [1.29, 1.82) is 0 Å². The number of rotatable bonds is 8. The summed E-state index contributed by atoms with van der Waals surface area (Å²) in [6, 6.07) is 12.9. The fourth-order valence-electron chi connectivity index (χ4n) is 3.18. The number of oxime groups is 1. The molecule has 3 heterocycles. The summed E-state index contributed by atoms with van der Waals surface area (Å²) in [7, 11) is 1.46. The summed E-state index contributed by atoms with van der Waals surface area (Å²) in [6.07, 6.45) is 2.90. The fourth-order valence-corrected chi connectivity index (χ4v) is 3.91. The first-order valence-electron chi connectivity index (χ1n) is 10.5.